The van der Waals surface area contributed by atoms with E-state index in [1.807, 2.05) is 18.2 Å². The molecule has 6 nitrogen and oxygen atoms in total. The van der Waals surface area contributed by atoms with E-state index in [1.165, 1.54) is 0 Å². The fourth-order valence-electron chi connectivity index (χ4n) is 2.48. The lowest BCUT2D eigenvalue weighted by atomic mass is 10.2. The summed E-state index contributed by atoms with van der Waals surface area (Å²) in [6.45, 7) is 6.22. The van der Waals surface area contributed by atoms with Gasteiger partial charge in [0.2, 0.25) is 0 Å². The number of aromatic nitrogens is 1. The second-order valence-corrected chi connectivity index (χ2v) is 12.3. The summed E-state index contributed by atoms with van der Waals surface area (Å²) in [6.07, 6.45) is 0. The molecule has 0 spiro atoms. The Morgan fingerprint density at radius 1 is 1.35 bits per heavy atom. The molecule has 0 fully saturated rings. The van der Waals surface area contributed by atoms with Crippen LogP contribution in [0, 0.1) is 0 Å². The lowest BCUT2D eigenvalue weighted by molar-refractivity contribution is -0.138. The maximum Gasteiger partial charge on any atom is 0.325 e. The number of amides is 1. The highest BCUT2D eigenvalue weighted by atomic mass is 28.3. The van der Waals surface area contributed by atoms with Crippen molar-refractivity contribution in [2.75, 3.05) is 7.11 Å². The van der Waals surface area contributed by atoms with Gasteiger partial charge in [-0.2, -0.15) is 0 Å². The average Bonchev–Trinajstić information content (AvgIpc) is 2.88. The summed E-state index contributed by atoms with van der Waals surface area (Å²) in [6, 6.07) is 6.76. The SMILES string of the molecule is COc1cccc2[nH]c(C(=O)N[C@@H](C[Si](C)(C)C)C(=O)O)cc12. The van der Waals surface area contributed by atoms with Crippen molar-refractivity contribution in [1.29, 1.82) is 0 Å². The van der Waals surface area contributed by atoms with Crippen molar-refractivity contribution < 1.29 is 19.4 Å². The number of nitrogens with one attached hydrogen (secondary N) is 2. The number of aliphatic carboxylic acids is 1. The number of carbonyl (C=O) groups is 2. The largest absolute Gasteiger partial charge is 0.496 e. The first-order valence-electron chi connectivity index (χ1n) is 7.40. The summed E-state index contributed by atoms with van der Waals surface area (Å²) in [5.41, 5.74) is 1.10. The van der Waals surface area contributed by atoms with Crippen molar-refractivity contribution >= 4 is 30.9 Å². The van der Waals surface area contributed by atoms with E-state index < -0.39 is 26.0 Å². The van der Waals surface area contributed by atoms with Crippen LogP contribution in [0.25, 0.3) is 10.9 Å². The highest BCUT2D eigenvalue weighted by Crippen LogP contribution is 2.26. The number of carboxylic acids is 1. The van der Waals surface area contributed by atoms with Gasteiger partial charge in [-0.3, -0.25) is 9.59 Å². The van der Waals surface area contributed by atoms with E-state index in [0.717, 1.165) is 10.9 Å². The van der Waals surface area contributed by atoms with E-state index in [0.29, 0.717) is 17.5 Å². The summed E-state index contributed by atoms with van der Waals surface area (Å²) in [5, 5.41) is 12.7. The first-order valence-corrected chi connectivity index (χ1v) is 11.1. The van der Waals surface area contributed by atoms with Gasteiger partial charge in [0.05, 0.1) is 7.11 Å². The molecule has 23 heavy (non-hydrogen) atoms. The van der Waals surface area contributed by atoms with Crippen molar-refractivity contribution in [3.63, 3.8) is 0 Å². The van der Waals surface area contributed by atoms with Gasteiger partial charge < -0.3 is 20.1 Å². The summed E-state index contributed by atoms with van der Waals surface area (Å²) in [7, 11) is -0.0577. The zero-order chi connectivity index (χ0) is 17.2. The van der Waals surface area contributed by atoms with Gasteiger partial charge in [0.25, 0.3) is 5.91 Å². The molecule has 0 aliphatic heterocycles. The van der Waals surface area contributed by atoms with Crippen LogP contribution in [0.3, 0.4) is 0 Å². The molecule has 1 atom stereocenters. The number of methoxy groups -OCH3 is 1. The average molecular weight is 334 g/mol. The van der Waals surface area contributed by atoms with E-state index >= 15 is 0 Å². The number of rotatable bonds is 6. The molecule has 1 amide bonds. The minimum atomic E-state index is -1.62. The quantitative estimate of drug-likeness (QED) is 0.708. The third kappa shape index (κ3) is 4.13. The van der Waals surface area contributed by atoms with Gasteiger partial charge in [-0.25, -0.2) is 0 Å². The number of hydrogen-bond donors (Lipinski definition) is 3. The smallest absolute Gasteiger partial charge is 0.325 e. The van der Waals surface area contributed by atoms with Gasteiger partial charge in [-0.15, -0.1) is 0 Å². The highest BCUT2D eigenvalue weighted by Gasteiger charge is 2.28. The monoisotopic (exact) mass is 334 g/mol. The van der Waals surface area contributed by atoms with Crippen molar-refractivity contribution in [2.45, 2.75) is 31.7 Å². The minimum Gasteiger partial charge on any atom is -0.496 e. The molecule has 124 valence electrons. The first-order chi connectivity index (χ1) is 10.7. The maximum atomic E-state index is 12.4. The van der Waals surface area contributed by atoms with E-state index in [1.54, 1.807) is 13.2 Å². The van der Waals surface area contributed by atoms with E-state index in [4.69, 9.17) is 4.74 Å². The Bertz CT molecular complexity index is 733. The molecule has 0 unspecified atom stereocenters. The molecule has 2 rings (SSSR count). The fourth-order valence-corrected chi connectivity index (χ4v) is 3.98. The van der Waals surface area contributed by atoms with Crippen LogP contribution in [0.5, 0.6) is 5.75 Å². The van der Waals surface area contributed by atoms with Crippen molar-refractivity contribution in [2.24, 2.45) is 0 Å². The number of H-pyrrole nitrogens is 1. The normalized spacial score (nSPS) is 12.9. The molecular weight excluding hydrogens is 312 g/mol. The van der Waals surface area contributed by atoms with Gasteiger partial charge >= 0.3 is 5.97 Å². The van der Waals surface area contributed by atoms with Gasteiger partial charge in [-0.05, 0) is 24.2 Å². The molecule has 1 aromatic carbocycles. The molecule has 7 heteroatoms. The Kier molecular flexibility index (Phi) is 4.79. The third-order valence-corrected chi connectivity index (χ3v) is 5.14. The van der Waals surface area contributed by atoms with Crippen LogP contribution < -0.4 is 10.1 Å². The number of aromatic amines is 1. The Balaban J connectivity index is 2.24. The van der Waals surface area contributed by atoms with Gasteiger partial charge in [0.15, 0.2) is 0 Å². The zero-order valence-corrected chi connectivity index (χ0v) is 14.8. The number of benzene rings is 1. The molecule has 2 aromatic rings. The molecule has 1 heterocycles. The number of carboxylic acid groups (broad SMARTS) is 1. The molecule has 1 aromatic heterocycles. The number of hydrogen-bond acceptors (Lipinski definition) is 3. The molecule has 0 bridgehead atoms. The van der Waals surface area contributed by atoms with E-state index in [2.05, 4.69) is 29.9 Å². The first kappa shape index (κ1) is 17.1. The summed E-state index contributed by atoms with van der Waals surface area (Å²) in [4.78, 5) is 26.8. The molecule has 0 saturated heterocycles. The topological polar surface area (TPSA) is 91.4 Å². The van der Waals surface area contributed by atoms with Crippen LogP contribution in [0.2, 0.25) is 25.7 Å². The lowest BCUT2D eigenvalue weighted by Crippen LogP contribution is -2.45. The van der Waals surface area contributed by atoms with Crippen molar-refractivity contribution in [1.82, 2.24) is 10.3 Å². The van der Waals surface area contributed by atoms with Crippen molar-refractivity contribution in [3.05, 3.63) is 30.0 Å². The Morgan fingerprint density at radius 2 is 2.04 bits per heavy atom. The molecular formula is C16H22N2O4Si. The van der Waals surface area contributed by atoms with Gasteiger partial charge in [0.1, 0.15) is 17.5 Å². The molecule has 0 aliphatic rings. The Hall–Kier alpha value is -2.28. The van der Waals surface area contributed by atoms with Crippen molar-refractivity contribution in [3.8, 4) is 5.75 Å². The highest BCUT2D eigenvalue weighted by molar-refractivity contribution is 6.76. The lowest BCUT2D eigenvalue weighted by Gasteiger charge is -2.22. The second-order valence-electron chi connectivity index (χ2n) is 6.73. The second kappa shape index (κ2) is 6.45. The standard InChI is InChI=1S/C16H22N2O4Si/c1-22-14-7-5-6-11-10(14)8-12(17-11)15(19)18-13(16(20)21)9-23(2,3)4/h5-8,13,17H,9H2,1-4H3,(H,18,19)(H,20,21)/t13-/m0/s1. The van der Waals surface area contributed by atoms with Crippen LogP contribution in [0.15, 0.2) is 24.3 Å². The molecule has 0 radical (unpaired) electrons. The number of carbonyl (C=O) groups excluding carboxylic acids is 1. The predicted molar refractivity (Wildman–Crippen MR) is 91.9 cm³/mol. The van der Waals surface area contributed by atoms with E-state index in [-0.39, 0.29) is 0 Å². The fraction of sp³-hybridized carbons (Fsp3) is 0.375. The molecule has 3 N–H and O–H groups in total. The Labute approximate surface area is 135 Å². The summed E-state index contributed by atoms with van der Waals surface area (Å²) < 4.78 is 5.27. The van der Waals surface area contributed by atoms with Gasteiger partial charge in [0, 0.05) is 19.0 Å². The van der Waals surface area contributed by atoms with Crippen LogP contribution >= 0.6 is 0 Å². The maximum absolute atomic E-state index is 12.4. The Morgan fingerprint density at radius 3 is 2.61 bits per heavy atom. The van der Waals surface area contributed by atoms with Crippen LogP contribution in [0.4, 0.5) is 0 Å². The zero-order valence-electron chi connectivity index (χ0n) is 13.8. The predicted octanol–water partition coefficient (Wildman–Crippen LogP) is 2.70. The number of ether oxygens (including phenoxy) is 1. The third-order valence-electron chi connectivity index (χ3n) is 3.51. The number of fused-ring (bicyclic) bond motifs is 1. The van der Waals surface area contributed by atoms with Crippen LogP contribution in [-0.2, 0) is 4.79 Å². The summed E-state index contributed by atoms with van der Waals surface area (Å²) in [5.74, 6) is -0.766. The van der Waals surface area contributed by atoms with E-state index in [9.17, 15) is 14.7 Å². The van der Waals surface area contributed by atoms with Crippen LogP contribution in [0.1, 0.15) is 10.5 Å². The van der Waals surface area contributed by atoms with Crippen LogP contribution in [-0.4, -0.2) is 43.2 Å². The molecule has 0 saturated carbocycles. The summed E-state index contributed by atoms with van der Waals surface area (Å²) >= 11 is 0. The minimum absolute atomic E-state index is 0.325. The molecule has 0 aliphatic carbocycles. The van der Waals surface area contributed by atoms with Gasteiger partial charge in [-0.1, -0.05) is 25.7 Å².